The molecule has 172 valence electrons. The van der Waals surface area contributed by atoms with Crippen LogP contribution in [0, 0.1) is 6.92 Å². The summed E-state index contributed by atoms with van der Waals surface area (Å²) in [6.07, 6.45) is 3.86. The molecule has 2 fully saturated rings. The van der Waals surface area contributed by atoms with Gasteiger partial charge in [0.1, 0.15) is 10.1 Å². The average Bonchev–Trinajstić information content (AvgIpc) is 3.40. The van der Waals surface area contributed by atoms with Crippen molar-refractivity contribution in [3.05, 3.63) is 63.0 Å². The van der Waals surface area contributed by atoms with E-state index in [1.165, 1.54) is 11.8 Å². The lowest BCUT2D eigenvalue weighted by Gasteiger charge is -2.18. The molecule has 2 saturated heterocycles. The second-order valence-electron chi connectivity index (χ2n) is 7.80. The zero-order valence-electron chi connectivity index (χ0n) is 18.0. The summed E-state index contributed by atoms with van der Waals surface area (Å²) in [6, 6.07) is 12.8. The summed E-state index contributed by atoms with van der Waals surface area (Å²) < 4.78 is 12.8. The van der Waals surface area contributed by atoms with Crippen LogP contribution in [0.5, 0.6) is 5.75 Å². The van der Waals surface area contributed by atoms with Crippen LogP contribution >= 0.6 is 39.9 Å². The fourth-order valence-electron chi connectivity index (χ4n) is 3.53. The molecule has 9 heteroatoms. The number of nitrogens with one attached hydrogen (secondary N) is 1. The van der Waals surface area contributed by atoms with Gasteiger partial charge < -0.3 is 14.8 Å². The number of nitrogens with zero attached hydrogens (tertiary/aromatic N) is 1. The first-order chi connectivity index (χ1) is 15.9. The lowest BCUT2D eigenvalue weighted by atomic mass is 10.2. The Labute approximate surface area is 210 Å². The summed E-state index contributed by atoms with van der Waals surface area (Å²) in [6.45, 7) is 3.11. The van der Waals surface area contributed by atoms with E-state index in [1.54, 1.807) is 17.0 Å². The van der Waals surface area contributed by atoms with Crippen molar-refractivity contribution < 1.29 is 19.1 Å². The Morgan fingerprint density at radius 1 is 1.33 bits per heavy atom. The molecule has 0 unspecified atom stereocenters. The number of ether oxygens (including phenoxy) is 2. The average molecular weight is 547 g/mol. The first-order valence-electron chi connectivity index (χ1n) is 10.5. The molecule has 0 aromatic heterocycles. The summed E-state index contributed by atoms with van der Waals surface area (Å²) >= 11 is 10.1. The number of hydrogen-bond donors (Lipinski definition) is 1. The van der Waals surface area contributed by atoms with Crippen LogP contribution in [0.4, 0.5) is 5.69 Å². The van der Waals surface area contributed by atoms with Crippen LogP contribution in [0.15, 0.2) is 51.8 Å². The molecule has 0 radical (unpaired) electrons. The van der Waals surface area contributed by atoms with Gasteiger partial charge in [-0.1, -0.05) is 52.0 Å². The van der Waals surface area contributed by atoms with Gasteiger partial charge in [-0.2, -0.15) is 0 Å². The van der Waals surface area contributed by atoms with Crippen molar-refractivity contribution in [2.75, 3.05) is 25.1 Å². The van der Waals surface area contributed by atoms with E-state index in [0.717, 1.165) is 40.7 Å². The summed E-state index contributed by atoms with van der Waals surface area (Å²) in [5.74, 6) is 0.247. The Kier molecular flexibility index (Phi) is 7.85. The van der Waals surface area contributed by atoms with Crippen LogP contribution in [0.3, 0.4) is 0 Å². The molecule has 1 atom stereocenters. The molecule has 2 aliphatic heterocycles. The van der Waals surface area contributed by atoms with Crippen molar-refractivity contribution >= 4 is 67.8 Å². The van der Waals surface area contributed by atoms with E-state index < -0.39 is 0 Å². The molecule has 33 heavy (non-hydrogen) atoms. The molecule has 2 heterocycles. The smallest absolute Gasteiger partial charge is 0.266 e. The Hall–Kier alpha value is -2.20. The van der Waals surface area contributed by atoms with Gasteiger partial charge in [-0.05, 0) is 67.3 Å². The molecule has 0 aliphatic carbocycles. The summed E-state index contributed by atoms with van der Waals surface area (Å²) in [4.78, 5) is 27.2. The van der Waals surface area contributed by atoms with E-state index >= 15 is 0 Å². The van der Waals surface area contributed by atoms with E-state index in [2.05, 4.69) is 21.2 Å². The van der Waals surface area contributed by atoms with Crippen molar-refractivity contribution in [1.82, 2.24) is 4.90 Å². The van der Waals surface area contributed by atoms with Gasteiger partial charge >= 0.3 is 0 Å². The van der Waals surface area contributed by atoms with Crippen molar-refractivity contribution in [2.24, 2.45) is 0 Å². The van der Waals surface area contributed by atoms with Gasteiger partial charge in [0.25, 0.3) is 11.8 Å². The third-order valence-corrected chi connectivity index (χ3v) is 7.54. The van der Waals surface area contributed by atoms with Crippen LogP contribution in [-0.2, 0) is 14.3 Å². The number of hydrogen-bond acceptors (Lipinski definition) is 6. The highest BCUT2D eigenvalue weighted by molar-refractivity contribution is 9.10. The van der Waals surface area contributed by atoms with E-state index in [9.17, 15) is 9.59 Å². The van der Waals surface area contributed by atoms with Gasteiger partial charge in [-0.3, -0.25) is 14.5 Å². The number of benzene rings is 2. The maximum absolute atomic E-state index is 12.8. The van der Waals surface area contributed by atoms with Crippen molar-refractivity contribution in [2.45, 2.75) is 25.9 Å². The second-order valence-corrected chi connectivity index (χ2v) is 10.3. The molecule has 2 aliphatic rings. The maximum atomic E-state index is 12.8. The number of halogens is 1. The van der Waals surface area contributed by atoms with Gasteiger partial charge in [0.05, 0.1) is 17.6 Å². The van der Waals surface area contributed by atoms with Crippen molar-refractivity contribution in [1.29, 1.82) is 0 Å². The number of carbonyl (C=O) groups is 2. The molecule has 4 rings (SSSR count). The molecule has 2 amide bonds. The predicted molar refractivity (Wildman–Crippen MR) is 138 cm³/mol. The Bertz CT molecular complexity index is 1100. The number of anilines is 1. The lowest BCUT2D eigenvalue weighted by Crippen LogP contribution is -2.35. The number of thioether (sulfide) groups is 1. The monoisotopic (exact) mass is 546 g/mol. The Morgan fingerprint density at radius 3 is 2.82 bits per heavy atom. The number of amides is 2. The van der Waals surface area contributed by atoms with E-state index in [1.807, 2.05) is 43.3 Å². The highest BCUT2D eigenvalue weighted by atomic mass is 79.9. The first kappa shape index (κ1) is 23.9. The predicted octanol–water partition coefficient (Wildman–Crippen LogP) is 5.16. The van der Waals surface area contributed by atoms with Crippen LogP contribution in [0.25, 0.3) is 6.08 Å². The molecule has 0 spiro atoms. The summed E-state index contributed by atoms with van der Waals surface area (Å²) in [5.41, 5.74) is 2.61. The molecule has 0 bridgehead atoms. The maximum Gasteiger partial charge on any atom is 0.266 e. The van der Waals surface area contributed by atoms with Crippen LogP contribution in [0.2, 0.25) is 0 Å². The Balaban J connectivity index is 1.31. The third-order valence-electron chi connectivity index (χ3n) is 5.27. The van der Waals surface area contributed by atoms with Gasteiger partial charge in [0, 0.05) is 16.8 Å². The molecular formula is C24H23BrN2O4S2. The summed E-state index contributed by atoms with van der Waals surface area (Å²) in [7, 11) is 0. The molecule has 2 aromatic carbocycles. The van der Waals surface area contributed by atoms with Gasteiger partial charge in [-0.15, -0.1) is 0 Å². The van der Waals surface area contributed by atoms with E-state index in [-0.39, 0.29) is 24.5 Å². The van der Waals surface area contributed by atoms with Crippen molar-refractivity contribution in [3.8, 4) is 5.75 Å². The van der Waals surface area contributed by atoms with Gasteiger partial charge in [0.15, 0.2) is 6.61 Å². The number of carbonyl (C=O) groups excluding carboxylic acids is 2. The SMILES string of the molecule is Cc1cc(NC(=O)COc2ccc(/C=C3\SC(=S)N(C[C@@H]4CCCO4)C3=O)cc2)ccc1Br. The number of thiocarbonyl (C=S) groups is 1. The second kappa shape index (κ2) is 10.8. The van der Waals surface area contributed by atoms with E-state index in [4.69, 9.17) is 21.7 Å². The first-order valence-corrected chi connectivity index (χ1v) is 12.6. The quantitative estimate of drug-likeness (QED) is 0.382. The molecule has 0 saturated carbocycles. The van der Waals surface area contributed by atoms with Crippen LogP contribution in [0.1, 0.15) is 24.0 Å². The highest BCUT2D eigenvalue weighted by Gasteiger charge is 2.34. The zero-order valence-corrected chi connectivity index (χ0v) is 21.2. The van der Waals surface area contributed by atoms with E-state index in [0.29, 0.717) is 21.5 Å². The third kappa shape index (κ3) is 6.23. The zero-order chi connectivity index (χ0) is 23.4. The highest BCUT2D eigenvalue weighted by Crippen LogP contribution is 2.33. The Morgan fingerprint density at radius 2 is 2.12 bits per heavy atom. The van der Waals surface area contributed by atoms with Gasteiger partial charge in [-0.25, -0.2) is 0 Å². The van der Waals surface area contributed by atoms with Crippen LogP contribution in [-0.4, -0.2) is 46.9 Å². The molecule has 1 N–H and O–H groups in total. The minimum Gasteiger partial charge on any atom is -0.484 e. The number of aryl methyl sites for hydroxylation is 1. The summed E-state index contributed by atoms with van der Waals surface area (Å²) in [5, 5.41) is 2.82. The van der Waals surface area contributed by atoms with Gasteiger partial charge in [0.2, 0.25) is 0 Å². The normalized spacial score (nSPS) is 19.4. The topological polar surface area (TPSA) is 67.9 Å². The fraction of sp³-hybridized carbons (Fsp3) is 0.292. The standard InChI is InChI=1S/C24H23BrN2O4S2/c1-15-11-17(6-9-20(15)25)26-22(28)14-31-18-7-4-16(5-8-18)12-21-23(29)27(24(32)33-21)13-19-3-2-10-30-19/h4-9,11-12,19H,2-3,10,13-14H2,1H3,(H,26,28)/b21-12-/t19-/m0/s1. The minimum atomic E-state index is -0.240. The van der Waals surface area contributed by atoms with Crippen LogP contribution < -0.4 is 10.1 Å². The largest absolute Gasteiger partial charge is 0.484 e. The molecular weight excluding hydrogens is 524 g/mol. The van der Waals surface area contributed by atoms with Crippen molar-refractivity contribution in [3.63, 3.8) is 0 Å². The minimum absolute atomic E-state index is 0.0632. The molecule has 6 nitrogen and oxygen atoms in total. The number of rotatable bonds is 7. The lowest BCUT2D eigenvalue weighted by molar-refractivity contribution is -0.123. The fourth-order valence-corrected chi connectivity index (χ4v) is 5.05. The molecule has 2 aromatic rings.